The minimum Gasteiger partial charge on any atom is -0.307 e. The van der Waals surface area contributed by atoms with Gasteiger partial charge in [0, 0.05) is 38.3 Å². The number of hydrogen-bond acceptors (Lipinski definition) is 3. The molecule has 1 N–H and O–H groups in total. The molecular weight excluding hydrogens is 300 g/mol. The lowest BCUT2D eigenvalue weighted by Gasteiger charge is -2.14. The maximum Gasteiger partial charge on any atom is 0.256 e. The molecule has 0 saturated carbocycles. The van der Waals surface area contributed by atoms with Crippen molar-refractivity contribution in [3.63, 3.8) is 0 Å². The number of amides is 1. The summed E-state index contributed by atoms with van der Waals surface area (Å²) in [6, 6.07) is 9.74. The van der Waals surface area contributed by atoms with Crippen LogP contribution in [-0.4, -0.2) is 33.7 Å². The van der Waals surface area contributed by atoms with Gasteiger partial charge in [-0.3, -0.25) is 14.4 Å². The second kappa shape index (κ2) is 7.01. The molecule has 5 heteroatoms. The van der Waals surface area contributed by atoms with Crippen LogP contribution in [0.3, 0.4) is 0 Å². The molecule has 0 aliphatic carbocycles. The van der Waals surface area contributed by atoms with Gasteiger partial charge in [-0.1, -0.05) is 38.1 Å². The van der Waals surface area contributed by atoms with E-state index in [0.29, 0.717) is 11.5 Å². The second-order valence-electron chi connectivity index (χ2n) is 6.55. The molecule has 1 aromatic heterocycles. The van der Waals surface area contributed by atoms with E-state index in [4.69, 9.17) is 0 Å². The highest BCUT2D eigenvalue weighted by atomic mass is 16.1. The molecule has 0 bridgehead atoms. The number of aryl methyl sites for hydroxylation is 1. The molecule has 1 aliphatic heterocycles. The van der Waals surface area contributed by atoms with E-state index in [1.54, 1.807) is 4.68 Å². The van der Waals surface area contributed by atoms with Crippen LogP contribution in [0.5, 0.6) is 0 Å². The highest BCUT2D eigenvalue weighted by molar-refractivity contribution is 6.03. The molecule has 0 fully saturated rings. The van der Waals surface area contributed by atoms with Crippen LogP contribution >= 0.6 is 0 Å². The molecule has 1 aromatic carbocycles. The summed E-state index contributed by atoms with van der Waals surface area (Å²) in [5.74, 6) is 0.944. The van der Waals surface area contributed by atoms with Gasteiger partial charge in [-0.25, -0.2) is 0 Å². The van der Waals surface area contributed by atoms with Gasteiger partial charge in [0.05, 0.1) is 5.69 Å². The Morgan fingerprint density at radius 1 is 1.21 bits per heavy atom. The Hall–Kier alpha value is -2.40. The molecule has 1 aliphatic rings. The first-order valence-electron chi connectivity index (χ1n) is 8.34. The zero-order valence-electron chi connectivity index (χ0n) is 14.5. The summed E-state index contributed by atoms with van der Waals surface area (Å²) in [5, 5.41) is 7.35. The van der Waals surface area contributed by atoms with E-state index < -0.39 is 0 Å². The summed E-state index contributed by atoms with van der Waals surface area (Å²) in [6.45, 7) is 7.08. The number of hydrogen-bond donors (Lipinski definition) is 1. The van der Waals surface area contributed by atoms with E-state index >= 15 is 0 Å². The molecule has 3 rings (SSSR count). The smallest absolute Gasteiger partial charge is 0.256 e. The van der Waals surface area contributed by atoms with Crippen molar-refractivity contribution in [2.75, 3.05) is 18.4 Å². The average Bonchev–Trinajstić information content (AvgIpc) is 3.18. The highest BCUT2D eigenvalue weighted by Crippen LogP contribution is 2.18. The van der Waals surface area contributed by atoms with Gasteiger partial charge >= 0.3 is 0 Å². The number of rotatable bonds is 5. The van der Waals surface area contributed by atoms with Gasteiger partial charge in [0.15, 0.2) is 0 Å². The fourth-order valence-corrected chi connectivity index (χ4v) is 2.75. The third kappa shape index (κ3) is 3.74. The molecule has 2 aromatic rings. The van der Waals surface area contributed by atoms with Crippen molar-refractivity contribution in [1.82, 2.24) is 14.7 Å². The summed E-state index contributed by atoms with van der Waals surface area (Å²) in [4.78, 5) is 14.8. The lowest BCUT2D eigenvalue weighted by atomic mass is 10.1. The monoisotopic (exact) mass is 324 g/mol. The first-order valence-corrected chi connectivity index (χ1v) is 8.34. The topological polar surface area (TPSA) is 50.2 Å². The standard InChI is InChI=1S/C19H24N4O/c1-14(2)17-12-18(22(3)21-17)20-19(24)16-8-6-15(7-9-16)13-23-10-4-5-11-23/h4-9,12,14H,10-11,13H2,1-3H3,(H,20,24). The molecule has 1 amide bonds. The van der Waals surface area contributed by atoms with E-state index in [-0.39, 0.29) is 5.91 Å². The minimum atomic E-state index is -0.109. The molecule has 2 heterocycles. The predicted octanol–water partition coefficient (Wildman–Crippen LogP) is 3.17. The van der Waals surface area contributed by atoms with Crippen molar-refractivity contribution in [2.45, 2.75) is 26.3 Å². The molecule has 0 saturated heterocycles. The number of nitrogens with one attached hydrogen (secondary N) is 1. The maximum atomic E-state index is 12.4. The van der Waals surface area contributed by atoms with Gasteiger partial charge in [-0.2, -0.15) is 5.10 Å². The summed E-state index contributed by atoms with van der Waals surface area (Å²) in [5.41, 5.74) is 2.85. The SMILES string of the molecule is CC(C)c1cc(NC(=O)c2ccc(CN3CC=CC3)cc2)n(C)n1. The van der Waals surface area contributed by atoms with Crippen LogP contribution in [0, 0.1) is 0 Å². The number of benzene rings is 1. The van der Waals surface area contributed by atoms with Crippen molar-refractivity contribution < 1.29 is 4.79 Å². The number of aromatic nitrogens is 2. The van der Waals surface area contributed by atoms with E-state index in [9.17, 15) is 4.79 Å². The highest BCUT2D eigenvalue weighted by Gasteiger charge is 2.13. The van der Waals surface area contributed by atoms with Crippen molar-refractivity contribution in [3.8, 4) is 0 Å². The van der Waals surface area contributed by atoms with E-state index in [0.717, 1.165) is 31.1 Å². The summed E-state index contributed by atoms with van der Waals surface area (Å²) in [6.07, 6.45) is 4.36. The van der Waals surface area contributed by atoms with Crippen molar-refractivity contribution in [2.24, 2.45) is 7.05 Å². The Balaban J connectivity index is 1.64. The molecular formula is C19H24N4O. The molecule has 0 atom stereocenters. The Bertz CT molecular complexity index is 735. The Morgan fingerprint density at radius 2 is 1.88 bits per heavy atom. The third-order valence-electron chi connectivity index (χ3n) is 4.25. The first kappa shape index (κ1) is 16.5. The van der Waals surface area contributed by atoms with Gasteiger partial charge < -0.3 is 5.32 Å². The molecule has 5 nitrogen and oxygen atoms in total. The van der Waals surface area contributed by atoms with Crippen molar-refractivity contribution in [1.29, 1.82) is 0 Å². The fraction of sp³-hybridized carbons (Fsp3) is 0.368. The molecule has 126 valence electrons. The zero-order valence-corrected chi connectivity index (χ0v) is 14.5. The Kier molecular flexibility index (Phi) is 4.81. The number of carbonyl (C=O) groups excluding carboxylic acids is 1. The third-order valence-corrected chi connectivity index (χ3v) is 4.25. The van der Waals surface area contributed by atoms with Crippen LogP contribution in [0.1, 0.15) is 41.4 Å². The number of nitrogens with zero attached hydrogens (tertiary/aromatic N) is 3. The molecule has 0 radical (unpaired) electrons. The van der Waals surface area contributed by atoms with Crippen molar-refractivity contribution >= 4 is 11.7 Å². The van der Waals surface area contributed by atoms with Gasteiger partial charge in [-0.15, -0.1) is 0 Å². The first-order chi connectivity index (χ1) is 11.5. The van der Waals surface area contributed by atoms with Crippen LogP contribution in [0.15, 0.2) is 42.5 Å². The predicted molar refractivity (Wildman–Crippen MR) is 96.1 cm³/mol. The Morgan fingerprint density at radius 3 is 2.46 bits per heavy atom. The minimum absolute atomic E-state index is 0.109. The van der Waals surface area contributed by atoms with E-state index in [2.05, 4.69) is 41.3 Å². The fourth-order valence-electron chi connectivity index (χ4n) is 2.75. The van der Waals surface area contributed by atoms with Gasteiger partial charge in [0.1, 0.15) is 5.82 Å². The van der Waals surface area contributed by atoms with Gasteiger partial charge in [0.2, 0.25) is 0 Å². The van der Waals surface area contributed by atoms with E-state index in [1.165, 1.54) is 5.56 Å². The Labute approximate surface area is 143 Å². The lowest BCUT2D eigenvalue weighted by molar-refractivity contribution is 0.102. The van der Waals surface area contributed by atoms with Gasteiger partial charge in [0.25, 0.3) is 5.91 Å². The maximum absolute atomic E-state index is 12.4. The largest absolute Gasteiger partial charge is 0.307 e. The lowest BCUT2D eigenvalue weighted by Crippen LogP contribution is -2.19. The summed E-state index contributed by atoms with van der Waals surface area (Å²) in [7, 11) is 1.84. The number of carbonyl (C=O) groups is 1. The van der Waals surface area contributed by atoms with Crippen LogP contribution in [0.2, 0.25) is 0 Å². The molecule has 0 spiro atoms. The normalized spacial score (nSPS) is 14.5. The van der Waals surface area contributed by atoms with Crippen LogP contribution in [0.4, 0.5) is 5.82 Å². The zero-order chi connectivity index (χ0) is 17.1. The summed E-state index contributed by atoms with van der Waals surface area (Å²) >= 11 is 0. The van der Waals surface area contributed by atoms with Crippen LogP contribution < -0.4 is 5.32 Å². The average molecular weight is 324 g/mol. The van der Waals surface area contributed by atoms with Gasteiger partial charge in [-0.05, 0) is 23.6 Å². The molecule has 24 heavy (non-hydrogen) atoms. The quantitative estimate of drug-likeness (QED) is 0.860. The summed E-state index contributed by atoms with van der Waals surface area (Å²) < 4.78 is 1.71. The van der Waals surface area contributed by atoms with Crippen LogP contribution in [0.25, 0.3) is 0 Å². The second-order valence-corrected chi connectivity index (χ2v) is 6.55. The molecule has 0 unspecified atom stereocenters. The number of anilines is 1. The van der Waals surface area contributed by atoms with Crippen LogP contribution in [-0.2, 0) is 13.6 Å². The van der Waals surface area contributed by atoms with Crippen molar-refractivity contribution in [3.05, 3.63) is 59.3 Å². The van der Waals surface area contributed by atoms with E-state index in [1.807, 2.05) is 37.4 Å².